The van der Waals surface area contributed by atoms with E-state index >= 15 is 0 Å². The molecular formula is C20H20ClIrN2. The van der Waals surface area contributed by atoms with Gasteiger partial charge in [-0.05, 0) is 36.1 Å². The Morgan fingerprint density at radius 1 is 0.667 bits per heavy atom. The van der Waals surface area contributed by atoms with Gasteiger partial charge in [-0.15, -0.1) is 11.4 Å². The van der Waals surface area contributed by atoms with Gasteiger partial charge in [0.2, 0.25) is 0 Å². The summed E-state index contributed by atoms with van der Waals surface area (Å²) < 4.78 is 0. The van der Waals surface area contributed by atoms with Gasteiger partial charge < -0.3 is 10.6 Å². The van der Waals surface area contributed by atoms with Crippen molar-refractivity contribution in [2.24, 2.45) is 0 Å². The fourth-order valence-corrected chi connectivity index (χ4v) is 2.54. The molecule has 0 saturated carbocycles. The van der Waals surface area contributed by atoms with Crippen LogP contribution in [0.5, 0.6) is 0 Å². The van der Waals surface area contributed by atoms with Crippen LogP contribution < -0.4 is 10.4 Å². The number of rotatable bonds is 0. The van der Waals surface area contributed by atoms with Crippen LogP contribution in [0.4, 0.5) is 11.4 Å². The number of halogens is 1. The summed E-state index contributed by atoms with van der Waals surface area (Å²) in [4.78, 5) is 0. The second-order valence-corrected chi connectivity index (χ2v) is 5.31. The quantitative estimate of drug-likeness (QED) is 0.398. The van der Waals surface area contributed by atoms with Crippen molar-refractivity contribution in [1.29, 1.82) is 0 Å². The van der Waals surface area contributed by atoms with Crippen molar-refractivity contribution in [3.63, 3.8) is 0 Å². The molecule has 0 radical (unpaired) electrons. The topological polar surface area (TPSA) is 28.2 Å². The molecule has 1 aromatic carbocycles. The number of nitrogens with zero attached hydrogens (tertiary/aromatic N) is 2. The number of hydrogen-bond acceptors (Lipinski definition) is 0. The minimum atomic E-state index is 0.977. The molecule has 126 valence electrons. The molecule has 4 rings (SSSR count). The third-order valence-electron chi connectivity index (χ3n) is 3.68. The molecule has 0 saturated heterocycles. The Kier molecular flexibility index (Phi) is 8.68. The second-order valence-electron chi connectivity index (χ2n) is 5.31. The van der Waals surface area contributed by atoms with Crippen LogP contribution in [-0.2, 0) is 17.9 Å². The van der Waals surface area contributed by atoms with Crippen molar-refractivity contribution in [2.75, 3.05) is 0 Å². The van der Waals surface area contributed by atoms with Gasteiger partial charge in [0, 0.05) is 0 Å². The first-order valence-electron chi connectivity index (χ1n) is 7.96. The van der Waals surface area contributed by atoms with Gasteiger partial charge in [0.15, 0.2) is 0 Å². The first-order chi connectivity index (χ1) is 11.9. The van der Waals surface area contributed by atoms with Crippen LogP contribution in [-0.4, -0.2) is 0 Å². The molecule has 3 aliphatic rings. The maximum atomic E-state index is 4.64. The van der Waals surface area contributed by atoms with Gasteiger partial charge in [-0.2, -0.15) is 12.4 Å². The minimum absolute atomic E-state index is 0.977. The maximum absolute atomic E-state index is 4.64. The van der Waals surface area contributed by atoms with Crippen molar-refractivity contribution in [3.8, 4) is 0 Å². The molecule has 2 heterocycles. The average molecular weight is 516 g/mol. The standard InChI is InChI=1S/C12H8N2.C8H12.ClH.Ir/c1-3-9-5-6-10-4-2-8-14-12(10)11(9)13-7-1;1-2-4-6-8-7-5-3-1;;/h1-8H;1-2,7-8H,3-6H2;1H;/q-2;;;+3/p-1. The van der Waals surface area contributed by atoms with E-state index in [-0.39, 0.29) is 0 Å². The molecule has 0 N–H and O–H groups in total. The van der Waals surface area contributed by atoms with Crippen LogP contribution >= 0.6 is 9.58 Å². The van der Waals surface area contributed by atoms with Crippen molar-refractivity contribution in [1.82, 2.24) is 0 Å². The summed E-state index contributed by atoms with van der Waals surface area (Å²) in [5.74, 6) is 0. The van der Waals surface area contributed by atoms with E-state index in [4.69, 9.17) is 0 Å². The van der Waals surface area contributed by atoms with Gasteiger partial charge in [-0.1, -0.05) is 60.7 Å². The number of hydrogen-bond donors (Lipinski definition) is 0. The molecule has 0 bridgehead atoms. The zero-order valence-corrected chi connectivity index (χ0v) is 16.5. The monoisotopic (exact) mass is 516 g/mol. The van der Waals surface area contributed by atoms with E-state index in [2.05, 4.69) is 68.8 Å². The zero-order chi connectivity index (χ0) is 17.0. The molecule has 0 amide bonds. The van der Waals surface area contributed by atoms with Gasteiger partial charge in [0.25, 0.3) is 0 Å². The van der Waals surface area contributed by atoms with Crippen LogP contribution in [0.25, 0.3) is 22.8 Å². The SMILES string of the molecule is C1=CCCC=CCC1.C1=C[N-]c2c3c(ccc2=C1)=CC=C[N-]3.[Cl][Ir+2]. The van der Waals surface area contributed by atoms with E-state index in [0.29, 0.717) is 0 Å². The molecule has 24 heavy (non-hydrogen) atoms. The van der Waals surface area contributed by atoms with Crippen molar-refractivity contribution < 1.29 is 17.9 Å². The molecular weight excluding hydrogens is 496 g/mol. The molecule has 0 atom stereocenters. The summed E-state index contributed by atoms with van der Waals surface area (Å²) in [5, 5.41) is 11.0. The van der Waals surface area contributed by atoms with Crippen molar-refractivity contribution in [2.45, 2.75) is 25.7 Å². The summed E-state index contributed by atoms with van der Waals surface area (Å²) in [6.45, 7) is 0. The Morgan fingerprint density at radius 2 is 1.04 bits per heavy atom. The Hall–Kier alpha value is -1.54. The third-order valence-corrected chi connectivity index (χ3v) is 3.68. The van der Waals surface area contributed by atoms with Gasteiger partial charge in [-0.3, -0.25) is 0 Å². The molecule has 4 heteroatoms. The number of allylic oxidation sites excluding steroid dienone is 6. The molecule has 2 nitrogen and oxygen atoms in total. The van der Waals surface area contributed by atoms with Crippen molar-refractivity contribution >= 4 is 33.1 Å². The van der Waals surface area contributed by atoms with Crippen LogP contribution in [0.2, 0.25) is 0 Å². The molecule has 0 unspecified atom stereocenters. The van der Waals surface area contributed by atoms with E-state index in [1.54, 1.807) is 12.4 Å². The third kappa shape index (κ3) is 5.52. The average Bonchev–Trinajstić information content (AvgIpc) is 2.63. The predicted molar refractivity (Wildman–Crippen MR) is 102 cm³/mol. The van der Waals surface area contributed by atoms with Crippen LogP contribution in [0.1, 0.15) is 25.7 Å². The Morgan fingerprint density at radius 3 is 1.42 bits per heavy atom. The van der Waals surface area contributed by atoms with E-state index in [0.717, 1.165) is 21.8 Å². The molecule has 1 aromatic rings. The van der Waals surface area contributed by atoms with Crippen LogP contribution in [0.15, 0.2) is 61.0 Å². The molecule has 1 aliphatic carbocycles. The fraction of sp³-hybridized carbons (Fsp3) is 0.200. The Balaban J connectivity index is 0.000000179. The normalized spacial score (nSPS) is 15.9. The molecule has 0 aromatic heterocycles. The first kappa shape index (κ1) is 18.8. The van der Waals surface area contributed by atoms with Gasteiger partial charge >= 0.3 is 27.5 Å². The molecule has 0 spiro atoms. The van der Waals surface area contributed by atoms with Crippen molar-refractivity contribution in [3.05, 3.63) is 82.1 Å². The summed E-state index contributed by atoms with van der Waals surface area (Å²) >= 11 is 1.47. The van der Waals surface area contributed by atoms with Crippen LogP contribution in [0, 0.1) is 0 Å². The second kappa shape index (κ2) is 11.1. The van der Waals surface area contributed by atoms with E-state index in [9.17, 15) is 0 Å². The summed E-state index contributed by atoms with van der Waals surface area (Å²) in [5.41, 5.74) is 1.95. The first-order valence-corrected chi connectivity index (χ1v) is 10.9. The van der Waals surface area contributed by atoms with Gasteiger partial charge in [0.05, 0.1) is 0 Å². The summed E-state index contributed by atoms with van der Waals surface area (Å²) in [6.07, 6.45) is 25.6. The number of benzene rings is 1. The van der Waals surface area contributed by atoms with Gasteiger partial charge in [0.1, 0.15) is 0 Å². The van der Waals surface area contributed by atoms with E-state index in [1.165, 1.54) is 43.6 Å². The Bertz CT molecular complexity index is 684. The predicted octanol–water partition coefficient (Wildman–Crippen LogP) is 5.67. The van der Waals surface area contributed by atoms with E-state index < -0.39 is 0 Å². The Labute approximate surface area is 158 Å². The number of fused-ring (bicyclic) bond motifs is 3. The summed E-state index contributed by atoms with van der Waals surface area (Å²) in [6, 6.07) is 4.15. The zero-order valence-electron chi connectivity index (χ0n) is 13.4. The van der Waals surface area contributed by atoms with Gasteiger partial charge in [-0.25, -0.2) is 0 Å². The molecule has 0 fully saturated rings. The fourth-order valence-electron chi connectivity index (χ4n) is 2.54. The molecule has 2 aliphatic heterocycles. The van der Waals surface area contributed by atoms with Crippen LogP contribution in [0.3, 0.4) is 0 Å². The summed E-state index contributed by atoms with van der Waals surface area (Å²) in [7, 11) is 4.64. The van der Waals surface area contributed by atoms with E-state index in [1.807, 2.05) is 12.2 Å².